The van der Waals surface area contributed by atoms with Gasteiger partial charge >= 0.3 is 12.1 Å². The second-order valence-electron chi connectivity index (χ2n) is 5.42. The number of ether oxygens (including phenoxy) is 1. The number of nitrogens with one attached hydrogen (secondary N) is 1. The molecule has 3 amide bonds. The van der Waals surface area contributed by atoms with Crippen molar-refractivity contribution in [2.24, 2.45) is 5.73 Å². The molecule has 2 rings (SSSR count). The number of carbonyl (C=O) groups excluding carboxylic acids is 4. The zero-order valence-electron chi connectivity index (χ0n) is 13.7. The number of thiocyanates is 1. The first-order valence-electron chi connectivity index (χ1n) is 7.40. The molecule has 0 saturated carbocycles. The van der Waals surface area contributed by atoms with Crippen LogP contribution in [0.3, 0.4) is 0 Å². The standard InChI is InChI=1S/C14H14N4O7S2/c15-5-26-4-7(19)1-8(20)17-9-11(21)18-10(13(22)23)6(2-25-14(16)24)3-27-12(9)18/h9,12H,1-4H2,(H2,16,24)(H,17,20)(H,22,23)/t9?,12-/m1/s1. The molecular formula is C14H14N4O7S2. The van der Waals surface area contributed by atoms with Gasteiger partial charge < -0.3 is 20.9 Å². The lowest BCUT2D eigenvalue weighted by atomic mass is 10.0. The third-order valence-corrected chi connectivity index (χ3v) is 5.55. The van der Waals surface area contributed by atoms with Crippen LogP contribution in [0.2, 0.25) is 0 Å². The number of hydrogen-bond donors (Lipinski definition) is 3. The van der Waals surface area contributed by atoms with Crippen molar-refractivity contribution in [3.8, 4) is 5.40 Å². The average Bonchev–Trinajstić information content (AvgIpc) is 2.61. The van der Waals surface area contributed by atoms with E-state index in [9.17, 15) is 29.1 Å². The lowest BCUT2D eigenvalue weighted by Crippen LogP contribution is -2.70. The van der Waals surface area contributed by atoms with Crippen molar-refractivity contribution in [3.05, 3.63) is 11.3 Å². The van der Waals surface area contributed by atoms with Crippen molar-refractivity contribution < 1.29 is 33.8 Å². The van der Waals surface area contributed by atoms with E-state index in [1.54, 1.807) is 5.40 Å². The summed E-state index contributed by atoms with van der Waals surface area (Å²) < 4.78 is 4.61. The van der Waals surface area contributed by atoms with E-state index in [2.05, 4.69) is 10.1 Å². The van der Waals surface area contributed by atoms with E-state index >= 15 is 0 Å². The van der Waals surface area contributed by atoms with Gasteiger partial charge in [-0.15, -0.1) is 11.8 Å². The second kappa shape index (κ2) is 8.78. The van der Waals surface area contributed by atoms with Crippen LogP contribution in [0.25, 0.3) is 0 Å². The van der Waals surface area contributed by atoms with Crippen LogP contribution in [-0.4, -0.2) is 69.2 Å². The van der Waals surface area contributed by atoms with E-state index in [1.807, 2.05) is 0 Å². The first-order chi connectivity index (χ1) is 12.8. The topological polar surface area (TPSA) is 180 Å². The number of nitriles is 1. The fourth-order valence-corrected chi connectivity index (χ4v) is 4.17. The normalized spacial score (nSPS) is 20.9. The zero-order valence-corrected chi connectivity index (χ0v) is 15.3. The Labute approximate surface area is 161 Å². The van der Waals surface area contributed by atoms with Gasteiger partial charge in [-0.25, -0.2) is 9.59 Å². The summed E-state index contributed by atoms with van der Waals surface area (Å²) in [4.78, 5) is 59.0. The highest BCUT2D eigenvalue weighted by atomic mass is 32.2. The van der Waals surface area contributed by atoms with Crippen LogP contribution in [0.1, 0.15) is 6.42 Å². The first kappa shape index (κ1) is 20.6. The monoisotopic (exact) mass is 414 g/mol. The van der Waals surface area contributed by atoms with Crippen molar-refractivity contribution in [1.29, 1.82) is 5.26 Å². The number of rotatable bonds is 8. The van der Waals surface area contributed by atoms with Crippen LogP contribution in [-0.2, 0) is 23.9 Å². The van der Waals surface area contributed by atoms with Gasteiger partial charge in [-0.1, -0.05) is 0 Å². The van der Waals surface area contributed by atoms with Crippen LogP contribution < -0.4 is 11.1 Å². The molecule has 1 unspecified atom stereocenters. The number of amides is 3. The summed E-state index contributed by atoms with van der Waals surface area (Å²) in [6, 6.07) is -0.966. The molecule has 0 aromatic carbocycles. The van der Waals surface area contributed by atoms with Crippen LogP contribution in [0, 0.1) is 10.7 Å². The molecule has 11 nitrogen and oxygen atoms in total. The van der Waals surface area contributed by atoms with Crippen molar-refractivity contribution >= 4 is 53.2 Å². The number of hydrogen-bond acceptors (Lipinski definition) is 9. The summed E-state index contributed by atoms with van der Waals surface area (Å²) >= 11 is 1.89. The number of β-lactam (4-membered cyclic amide) rings is 1. The van der Waals surface area contributed by atoms with Gasteiger partial charge in [0.1, 0.15) is 29.1 Å². The number of primary amides is 1. The lowest BCUT2D eigenvalue weighted by Gasteiger charge is -2.49. The highest BCUT2D eigenvalue weighted by molar-refractivity contribution is 8.04. The van der Waals surface area contributed by atoms with Gasteiger partial charge in [0, 0.05) is 11.3 Å². The van der Waals surface area contributed by atoms with E-state index in [4.69, 9.17) is 11.0 Å². The van der Waals surface area contributed by atoms with Gasteiger partial charge in [-0.3, -0.25) is 19.3 Å². The fraction of sp³-hybridized carbons (Fsp3) is 0.429. The summed E-state index contributed by atoms with van der Waals surface area (Å²) in [5.74, 6) is -3.13. The SMILES string of the molecule is N#CSCC(=O)CC(=O)NC1C(=O)N2C(C(=O)O)=C(COC(N)=O)CS[C@H]12. The Balaban J connectivity index is 2.03. The van der Waals surface area contributed by atoms with Crippen molar-refractivity contribution in [2.75, 3.05) is 18.1 Å². The molecule has 1 saturated heterocycles. The molecule has 144 valence electrons. The van der Waals surface area contributed by atoms with Gasteiger partial charge in [0.15, 0.2) is 5.78 Å². The molecule has 2 atom stereocenters. The molecule has 1 fully saturated rings. The van der Waals surface area contributed by atoms with Crippen molar-refractivity contribution in [1.82, 2.24) is 10.2 Å². The maximum atomic E-state index is 12.3. The van der Waals surface area contributed by atoms with Crippen molar-refractivity contribution in [2.45, 2.75) is 17.8 Å². The third kappa shape index (κ3) is 4.72. The second-order valence-corrected chi connectivity index (χ2v) is 7.28. The van der Waals surface area contributed by atoms with Gasteiger partial charge in [0.2, 0.25) is 5.91 Å². The Kier molecular flexibility index (Phi) is 6.70. The Morgan fingerprint density at radius 1 is 1.44 bits per heavy atom. The number of carbonyl (C=O) groups is 5. The summed E-state index contributed by atoms with van der Waals surface area (Å²) in [5, 5.41) is 21.3. The third-order valence-electron chi connectivity index (χ3n) is 3.61. The molecular weight excluding hydrogens is 400 g/mol. The van der Waals surface area contributed by atoms with E-state index in [1.165, 1.54) is 11.8 Å². The molecule has 0 radical (unpaired) electrons. The largest absolute Gasteiger partial charge is 0.477 e. The zero-order chi connectivity index (χ0) is 20.1. The molecule has 27 heavy (non-hydrogen) atoms. The lowest BCUT2D eigenvalue weighted by molar-refractivity contribution is -0.151. The Bertz CT molecular complexity index is 776. The van der Waals surface area contributed by atoms with Crippen molar-refractivity contribution in [3.63, 3.8) is 0 Å². The highest BCUT2D eigenvalue weighted by Gasteiger charge is 2.54. The van der Waals surface area contributed by atoms with Crippen LogP contribution >= 0.6 is 23.5 Å². The molecule has 0 aromatic rings. The van der Waals surface area contributed by atoms with Crippen LogP contribution in [0.5, 0.6) is 0 Å². The number of Topliss-reactive ketones (excluding diaryl/α,β-unsaturated/α-hetero) is 1. The summed E-state index contributed by atoms with van der Waals surface area (Å²) in [6.45, 7) is -0.359. The fourth-order valence-electron chi connectivity index (χ4n) is 2.52. The average molecular weight is 414 g/mol. The number of carboxylic acids is 1. The first-order valence-corrected chi connectivity index (χ1v) is 9.43. The van der Waals surface area contributed by atoms with Gasteiger partial charge in [0.25, 0.3) is 5.91 Å². The predicted octanol–water partition coefficient (Wildman–Crippen LogP) is -1.01. The number of nitrogens with two attached hydrogens (primary N) is 1. The van der Waals surface area contributed by atoms with E-state index in [0.717, 1.165) is 4.90 Å². The molecule has 0 bridgehead atoms. The number of aliphatic carboxylic acids is 1. The molecule has 13 heteroatoms. The molecule has 0 spiro atoms. The Hall–Kier alpha value is -2.72. The maximum Gasteiger partial charge on any atom is 0.404 e. The molecule has 2 aliphatic rings. The van der Waals surface area contributed by atoms with E-state index < -0.39 is 47.5 Å². The van der Waals surface area contributed by atoms with E-state index in [0.29, 0.717) is 11.8 Å². The van der Waals surface area contributed by atoms with Crippen LogP contribution in [0.4, 0.5) is 4.79 Å². The molecule has 2 heterocycles. The molecule has 2 aliphatic heterocycles. The number of carboxylic acid groups (broad SMARTS) is 1. The Morgan fingerprint density at radius 3 is 2.74 bits per heavy atom. The number of fused-ring (bicyclic) bond motifs is 1. The van der Waals surface area contributed by atoms with Gasteiger partial charge in [-0.05, 0) is 11.8 Å². The number of nitrogens with zero attached hydrogens (tertiary/aromatic N) is 2. The maximum absolute atomic E-state index is 12.3. The summed E-state index contributed by atoms with van der Waals surface area (Å²) in [7, 11) is 0. The summed E-state index contributed by atoms with van der Waals surface area (Å²) in [5.41, 5.74) is 4.77. The number of thioether (sulfide) groups is 2. The smallest absolute Gasteiger partial charge is 0.404 e. The van der Waals surface area contributed by atoms with Crippen LogP contribution in [0.15, 0.2) is 11.3 Å². The molecule has 4 N–H and O–H groups in total. The minimum atomic E-state index is -1.37. The quantitative estimate of drug-likeness (QED) is 0.253. The summed E-state index contributed by atoms with van der Waals surface area (Å²) in [6.07, 6.45) is -1.55. The minimum absolute atomic E-state index is 0.137. The van der Waals surface area contributed by atoms with Gasteiger partial charge in [0.05, 0.1) is 12.2 Å². The van der Waals surface area contributed by atoms with Gasteiger partial charge in [-0.2, -0.15) is 5.26 Å². The minimum Gasteiger partial charge on any atom is -0.477 e. The molecule has 0 aromatic heterocycles. The number of ketones is 1. The van der Waals surface area contributed by atoms with E-state index in [-0.39, 0.29) is 29.4 Å². The highest BCUT2D eigenvalue weighted by Crippen LogP contribution is 2.40. The molecule has 0 aliphatic carbocycles. The predicted molar refractivity (Wildman–Crippen MR) is 92.9 cm³/mol. The Morgan fingerprint density at radius 2 is 2.15 bits per heavy atom.